The first-order valence-electron chi connectivity index (χ1n) is 9.90. The van der Waals surface area contributed by atoms with Crippen molar-refractivity contribution >= 4 is 17.8 Å². The Bertz CT molecular complexity index is 732. The maximum atomic E-state index is 12.0. The van der Waals surface area contributed by atoms with Crippen LogP contribution in [0.4, 0.5) is 5.69 Å². The largest absolute Gasteiger partial charge is 0.347 e. The molecule has 1 saturated heterocycles. The van der Waals surface area contributed by atoms with E-state index in [4.69, 9.17) is 0 Å². The third-order valence-corrected chi connectivity index (χ3v) is 5.95. The third kappa shape index (κ3) is 4.39. The second-order valence-electron chi connectivity index (χ2n) is 8.27. The van der Waals surface area contributed by atoms with Crippen LogP contribution in [-0.4, -0.2) is 58.9 Å². The molecule has 3 N–H and O–H groups in total. The Kier molecular flexibility index (Phi) is 5.97. The third-order valence-electron chi connectivity index (χ3n) is 5.95. The number of carbonyl (C=O) groups excluding carboxylic acids is 1. The van der Waals surface area contributed by atoms with Crippen LogP contribution in [-0.2, 0) is 10.2 Å². The van der Waals surface area contributed by atoms with Gasteiger partial charge in [0.15, 0.2) is 0 Å². The highest BCUT2D eigenvalue weighted by atomic mass is 16.2. The number of rotatable bonds is 5. The van der Waals surface area contributed by atoms with E-state index in [2.05, 4.69) is 67.6 Å². The van der Waals surface area contributed by atoms with Crippen LogP contribution in [0.15, 0.2) is 41.1 Å². The zero-order valence-corrected chi connectivity index (χ0v) is 17.0. The summed E-state index contributed by atoms with van der Waals surface area (Å²) in [6, 6.07) is 8.45. The number of amides is 1. The molecule has 1 fully saturated rings. The summed E-state index contributed by atoms with van der Waals surface area (Å²) in [6.45, 7) is 10.00. The van der Waals surface area contributed by atoms with Crippen molar-refractivity contribution in [3.05, 3.63) is 41.6 Å². The Hall–Kier alpha value is -2.18. The topological polar surface area (TPSA) is 53.6 Å². The summed E-state index contributed by atoms with van der Waals surface area (Å²) in [7, 11) is 4.31. The van der Waals surface area contributed by atoms with E-state index in [0.717, 1.165) is 19.6 Å². The summed E-state index contributed by atoms with van der Waals surface area (Å²) in [5.41, 5.74) is 6.30. The van der Waals surface area contributed by atoms with E-state index in [1.54, 1.807) is 11.1 Å². The van der Waals surface area contributed by atoms with Crippen molar-refractivity contribution in [3.63, 3.8) is 0 Å². The molecule has 0 unspecified atom stereocenters. The number of likely N-dealkylation sites (N-methyl/N-ethyl adjacent to an activating group) is 2. The second-order valence-corrected chi connectivity index (χ2v) is 8.27. The molecule has 146 valence electrons. The summed E-state index contributed by atoms with van der Waals surface area (Å²) >= 11 is 0. The molecule has 6 nitrogen and oxygen atoms in total. The van der Waals surface area contributed by atoms with E-state index in [9.17, 15) is 4.79 Å². The molecule has 3 rings (SSSR count). The van der Waals surface area contributed by atoms with Gasteiger partial charge in [-0.2, -0.15) is 5.10 Å². The first kappa shape index (κ1) is 19.6. The Morgan fingerprint density at radius 2 is 1.96 bits per heavy atom. The highest BCUT2D eigenvalue weighted by Crippen LogP contribution is 2.46. The normalized spacial score (nSPS) is 25.8. The minimum Gasteiger partial charge on any atom is -0.347 e. The molecule has 0 aromatic heterocycles. The Balaban J connectivity index is 1.51. The molecule has 2 heterocycles. The van der Waals surface area contributed by atoms with Crippen molar-refractivity contribution in [1.29, 1.82) is 0 Å². The van der Waals surface area contributed by atoms with Crippen LogP contribution in [0.1, 0.15) is 25.8 Å². The maximum Gasteiger partial charge on any atom is 0.245 e. The smallest absolute Gasteiger partial charge is 0.245 e. The SMILES string of the molecule is CN1/C(=C/C=N\NC(=O)CC[NH+]2CC[NH+](C)CC2)C(C)(C)c2ccccc21. The number of nitrogens with zero attached hydrogens (tertiary/aromatic N) is 2. The number of benzene rings is 1. The van der Waals surface area contributed by atoms with Gasteiger partial charge >= 0.3 is 0 Å². The van der Waals surface area contributed by atoms with Crippen molar-refractivity contribution in [1.82, 2.24) is 5.43 Å². The fourth-order valence-corrected chi connectivity index (χ4v) is 4.15. The first-order chi connectivity index (χ1) is 12.9. The number of nitrogens with one attached hydrogen (secondary N) is 3. The van der Waals surface area contributed by atoms with Crippen LogP contribution >= 0.6 is 0 Å². The predicted molar refractivity (Wildman–Crippen MR) is 109 cm³/mol. The molecule has 0 spiro atoms. The van der Waals surface area contributed by atoms with Gasteiger partial charge in [-0.05, 0) is 17.7 Å². The number of piperazine rings is 1. The number of allylic oxidation sites excluding steroid dienone is 2. The number of fused-ring (bicyclic) bond motifs is 1. The van der Waals surface area contributed by atoms with Gasteiger partial charge in [0.2, 0.25) is 5.91 Å². The fraction of sp³-hybridized carbons (Fsp3) is 0.524. The van der Waals surface area contributed by atoms with Crippen LogP contribution in [0.3, 0.4) is 0 Å². The molecule has 0 atom stereocenters. The molecule has 0 radical (unpaired) electrons. The lowest BCUT2D eigenvalue weighted by molar-refractivity contribution is -1.00. The Morgan fingerprint density at radius 1 is 1.26 bits per heavy atom. The first-order valence-corrected chi connectivity index (χ1v) is 9.90. The van der Waals surface area contributed by atoms with Crippen LogP contribution in [0.2, 0.25) is 0 Å². The van der Waals surface area contributed by atoms with E-state index in [-0.39, 0.29) is 11.3 Å². The van der Waals surface area contributed by atoms with Crippen molar-refractivity contribution in [2.24, 2.45) is 5.10 Å². The van der Waals surface area contributed by atoms with Gasteiger partial charge in [-0.25, -0.2) is 5.43 Å². The Morgan fingerprint density at radius 3 is 2.67 bits per heavy atom. The van der Waals surface area contributed by atoms with Crippen LogP contribution in [0.5, 0.6) is 0 Å². The molecule has 2 aliphatic rings. The number of anilines is 1. The number of hydrogen-bond donors (Lipinski definition) is 3. The lowest BCUT2D eigenvalue weighted by Crippen LogP contribution is -3.27. The maximum absolute atomic E-state index is 12.0. The van der Waals surface area contributed by atoms with Crippen LogP contribution < -0.4 is 20.1 Å². The van der Waals surface area contributed by atoms with Crippen molar-refractivity contribution in [2.45, 2.75) is 25.7 Å². The quantitative estimate of drug-likeness (QED) is 0.469. The number of quaternary nitrogens is 2. The van der Waals surface area contributed by atoms with E-state index >= 15 is 0 Å². The molecule has 1 amide bonds. The van der Waals surface area contributed by atoms with E-state index in [1.165, 1.54) is 34.9 Å². The van der Waals surface area contributed by atoms with E-state index < -0.39 is 0 Å². The molecule has 1 aromatic rings. The second kappa shape index (κ2) is 8.23. The average Bonchev–Trinajstić information content (AvgIpc) is 2.85. The van der Waals surface area contributed by atoms with Gasteiger partial charge in [-0.3, -0.25) is 4.79 Å². The fourth-order valence-electron chi connectivity index (χ4n) is 4.15. The van der Waals surface area contributed by atoms with Gasteiger partial charge in [-0.15, -0.1) is 0 Å². The molecule has 1 aromatic carbocycles. The van der Waals surface area contributed by atoms with Crippen molar-refractivity contribution < 1.29 is 14.6 Å². The minimum atomic E-state index is -0.0753. The molecule has 2 aliphatic heterocycles. The van der Waals surface area contributed by atoms with Gasteiger partial charge < -0.3 is 14.7 Å². The average molecular weight is 372 g/mol. The summed E-state index contributed by atoms with van der Waals surface area (Å²) < 4.78 is 0. The van der Waals surface area contributed by atoms with Gasteiger partial charge in [0, 0.05) is 30.1 Å². The molecule has 6 heteroatoms. The van der Waals surface area contributed by atoms with E-state index in [0.29, 0.717) is 6.42 Å². The zero-order valence-electron chi connectivity index (χ0n) is 17.0. The number of para-hydroxylation sites is 1. The molecule has 27 heavy (non-hydrogen) atoms. The van der Waals surface area contributed by atoms with Gasteiger partial charge in [0.1, 0.15) is 26.2 Å². The minimum absolute atomic E-state index is 0.00857. The summed E-state index contributed by atoms with van der Waals surface area (Å²) in [5, 5.41) is 4.13. The standard InChI is InChI=1S/C21H31N5O/c1-21(2)17-7-5-6-8-18(17)25(4)19(21)9-11-22-23-20(27)10-12-26-15-13-24(3)14-16-26/h5-9,11H,10,12-16H2,1-4H3,(H,23,27)/p+2/b19-9+,22-11-. The Labute approximate surface area is 162 Å². The van der Waals surface area contributed by atoms with Crippen molar-refractivity contribution in [3.8, 4) is 0 Å². The van der Waals surface area contributed by atoms with Gasteiger partial charge in [0.25, 0.3) is 0 Å². The van der Waals surface area contributed by atoms with Crippen LogP contribution in [0, 0.1) is 0 Å². The molecule has 0 aliphatic carbocycles. The number of hydrazone groups is 1. The number of carbonyl (C=O) groups is 1. The van der Waals surface area contributed by atoms with E-state index in [1.807, 2.05) is 6.08 Å². The highest BCUT2D eigenvalue weighted by Gasteiger charge is 2.37. The molecular formula is C21H33N5O+2. The lowest BCUT2D eigenvalue weighted by Gasteiger charge is -2.26. The molecular weight excluding hydrogens is 338 g/mol. The lowest BCUT2D eigenvalue weighted by atomic mass is 9.84. The highest BCUT2D eigenvalue weighted by molar-refractivity contribution is 5.81. The summed E-state index contributed by atoms with van der Waals surface area (Å²) in [4.78, 5) is 17.3. The molecule has 0 bridgehead atoms. The van der Waals surface area contributed by atoms with Crippen molar-refractivity contribution in [2.75, 3.05) is 51.7 Å². The van der Waals surface area contributed by atoms with Crippen LogP contribution in [0.25, 0.3) is 0 Å². The summed E-state index contributed by atoms with van der Waals surface area (Å²) in [6.07, 6.45) is 4.22. The zero-order chi connectivity index (χ0) is 19.4. The number of hydrogen-bond acceptors (Lipinski definition) is 3. The summed E-state index contributed by atoms with van der Waals surface area (Å²) in [5.74, 6) is -0.00857. The predicted octanol–water partition coefficient (Wildman–Crippen LogP) is -0.797. The van der Waals surface area contributed by atoms with Gasteiger partial charge in [0.05, 0.1) is 20.0 Å². The monoisotopic (exact) mass is 371 g/mol. The molecule has 0 saturated carbocycles. The van der Waals surface area contributed by atoms with Gasteiger partial charge in [-0.1, -0.05) is 32.0 Å².